The molecule has 11 heteroatoms. The molecule has 1 aliphatic rings. The molecule has 2 aromatic carbocycles. The highest BCUT2D eigenvalue weighted by Crippen LogP contribution is 2.36. The fourth-order valence-corrected chi connectivity index (χ4v) is 4.20. The molecule has 0 unspecified atom stereocenters. The van der Waals surface area contributed by atoms with Crippen LogP contribution in [0.3, 0.4) is 0 Å². The molecule has 0 N–H and O–H groups in total. The second-order valence-electron chi connectivity index (χ2n) is 6.84. The van der Waals surface area contributed by atoms with Gasteiger partial charge in [0.15, 0.2) is 0 Å². The van der Waals surface area contributed by atoms with Gasteiger partial charge in [-0.2, -0.15) is 0 Å². The van der Waals surface area contributed by atoms with Crippen molar-refractivity contribution < 1.29 is 28.8 Å². The van der Waals surface area contributed by atoms with Gasteiger partial charge in [0.05, 0.1) is 27.4 Å². The van der Waals surface area contributed by atoms with Crippen molar-refractivity contribution in [2.45, 2.75) is 6.54 Å². The van der Waals surface area contributed by atoms with Gasteiger partial charge in [-0.1, -0.05) is 35.9 Å². The summed E-state index contributed by atoms with van der Waals surface area (Å²) in [5.74, 6) is -1.49. The number of benzene rings is 2. The van der Waals surface area contributed by atoms with Crippen LogP contribution in [0.15, 0.2) is 63.9 Å². The zero-order valence-electron chi connectivity index (χ0n) is 16.5. The van der Waals surface area contributed by atoms with Gasteiger partial charge in [-0.3, -0.25) is 24.6 Å². The lowest BCUT2D eigenvalue weighted by molar-refractivity contribution is -0.385. The van der Waals surface area contributed by atoms with Crippen LogP contribution < -0.4 is 5.11 Å². The van der Waals surface area contributed by atoms with Gasteiger partial charge in [-0.25, -0.2) is 0 Å². The van der Waals surface area contributed by atoms with Crippen molar-refractivity contribution in [3.05, 3.63) is 91.5 Å². The van der Waals surface area contributed by atoms with Gasteiger partial charge in [0.1, 0.15) is 11.5 Å². The molecule has 1 aromatic heterocycles. The third-order valence-corrected chi connectivity index (χ3v) is 5.99. The fourth-order valence-electron chi connectivity index (χ4n) is 3.17. The number of carboxylic acid groups (broad SMARTS) is 1. The van der Waals surface area contributed by atoms with E-state index in [1.807, 2.05) is 0 Å². The van der Waals surface area contributed by atoms with Crippen molar-refractivity contribution in [2.24, 2.45) is 0 Å². The summed E-state index contributed by atoms with van der Waals surface area (Å²) in [5, 5.41) is 22.0. The Morgan fingerprint density at radius 1 is 1.15 bits per heavy atom. The van der Waals surface area contributed by atoms with E-state index < -0.39 is 22.0 Å². The van der Waals surface area contributed by atoms with Crippen LogP contribution in [0.5, 0.6) is 0 Å². The largest absolute Gasteiger partial charge is 0.545 e. The van der Waals surface area contributed by atoms with Gasteiger partial charge in [0.2, 0.25) is 0 Å². The number of carboxylic acids is 1. The first-order valence-electron chi connectivity index (χ1n) is 9.33. The first-order valence-corrected chi connectivity index (χ1v) is 10.5. The second kappa shape index (κ2) is 8.93. The molecule has 1 fully saturated rings. The van der Waals surface area contributed by atoms with Gasteiger partial charge >= 0.3 is 0 Å². The van der Waals surface area contributed by atoms with Gasteiger partial charge < -0.3 is 14.3 Å². The van der Waals surface area contributed by atoms with Crippen molar-refractivity contribution in [3.8, 4) is 11.3 Å². The SMILES string of the molecule is O=C([O-])c1ccc(Cl)c(-c2ccc(/C=C3/SC(=O)N(Cc4ccccc4[N+](=O)[O-])C3=O)o2)c1. The van der Waals surface area contributed by atoms with E-state index in [1.54, 1.807) is 12.1 Å². The topological polar surface area (TPSA) is 134 Å². The highest BCUT2D eigenvalue weighted by Gasteiger charge is 2.36. The molecule has 1 aliphatic heterocycles. The summed E-state index contributed by atoms with van der Waals surface area (Å²) in [6.45, 7) is -0.242. The van der Waals surface area contributed by atoms with Gasteiger partial charge in [-0.05, 0) is 41.6 Å². The number of thioether (sulfide) groups is 1. The summed E-state index contributed by atoms with van der Waals surface area (Å²) in [5.41, 5.74) is 0.284. The number of aromatic carboxylic acids is 1. The average molecular weight is 484 g/mol. The number of amides is 2. The van der Waals surface area contributed by atoms with Crippen molar-refractivity contribution in [3.63, 3.8) is 0 Å². The number of imide groups is 1. The zero-order valence-corrected chi connectivity index (χ0v) is 18.1. The van der Waals surface area contributed by atoms with Crippen LogP contribution in [0.2, 0.25) is 5.02 Å². The maximum atomic E-state index is 12.8. The first kappa shape index (κ1) is 22.3. The molecule has 0 saturated carbocycles. The highest BCUT2D eigenvalue weighted by molar-refractivity contribution is 8.18. The molecule has 0 aliphatic carbocycles. The quantitative estimate of drug-likeness (QED) is 0.290. The van der Waals surface area contributed by atoms with Gasteiger partial charge in [0.25, 0.3) is 16.8 Å². The minimum absolute atomic E-state index is 0.0778. The molecule has 3 aromatic rings. The predicted octanol–water partition coefficient (Wildman–Crippen LogP) is 4.11. The summed E-state index contributed by atoms with van der Waals surface area (Å²) < 4.78 is 5.68. The maximum Gasteiger partial charge on any atom is 0.293 e. The second-order valence-corrected chi connectivity index (χ2v) is 8.24. The monoisotopic (exact) mass is 483 g/mol. The van der Waals surface area contributed by atoms with Crippen molar-refractivity contribution in [1.29, 1.82) is 0 Å². The number of carbonyl (C=O) groups excluding carboxylic acids is 3. The molecule has 33 heavy (non-hydrogen) atoms. The zero-order chi connectivity index (χ0) is 23.7. The first-order chi connectivity index (χ1) is 15.7. The standard InChI is InChI=1S/C22H13ClN2O7S/c23-16-7-5-12(21(27)28)9-15(16)18-8-6-14(32-18)10-19-20(26)24(22(29)33-19)11-13-3-1-2-4-17(13)25(30)31/h1-10H,11H2,(H,27,28)/p-1/b19-10+. The molecule has 1 saturated heterocycles. The Morgan fingerprint density at radius 2 is 1.91 bits per heavy atom. The van der Waals surface area contributed by atoms with E-state index in [1.165, 1.54) is 48.5 Å². The van der Waals surface area contributed by atoms with Crippen molar-refractivity contribution in [2.75, 3.05) is 0 Å². The van der Waals surface area contributed by atoms with Crippen LogP contribution in [0.1, 0.15) is 21.7 Å². The Balaban J connectivity index is 1.58. The van der Waals surface area contributed by atoms with Crippen LogP contribution in [-0.4, -0.2) is 26.9 Å². The van der Waals surface area contributed by atoms with E-state index in [4.69, 9.17) is 16.0 Å². The number of nitro benzene ring substituents is 1. The minimum Gasteiger partial charge on any atom is -0.545 e. The van der Waals surface area contributed by atoms with Crippen LogP contribution in [0.4, 0.5) is 10.5 Å². The molecule has 166 valence electrons. The Kier molecular flexibility index (Phi) is 6.03. The smallest absolute Gasteiger partial charge is 0.293 e. The maximum absolute atomic E-state index is 12.8. The van der Waals surface area contributed by atoms with E-state index in [0.717, 1.165) is 4.90 Å². The number of para-hydroxylation sites is 1. The summed E-state index contributed by atoms with van der Waals surface area (Å²) in [6.07, 6.45) is 1.37. The van der Waals surface area contributed by atoms with Gasteiger partial charge in [0, 0.05) is 23.3 Å². The molecular formula is C22H12ClN2O7S-. The fraction of sp³-hybridized carbons (Fsp3) is 0.0455. The molecule has 2 heterocycles. The van der Waals surface area contributed by atoms with E-state index in [2.05, 4.69) is 0 Å². The molecule has 0 bridgehead atoms. The molecule has 4 rings (SSSR count). The molecular weight excluding hydrogens is 472 g/mol. The Bertz CT molecular complexity index is 1350. The van der Waals surface area contributed by atoms with Crippen LogP contribution in [0, 0.1) is 10.1 Å². The molecule has 0 radical (unpaired) electrons. The van der Waals surface area contributed by atoms with Gasteiger partial charge in [-0.15, -0.1) is 0 Å². The highest BCUT2D eigenvalue weighted by atomic mass is 35.5. The Hall–Kier alpha value is -3.89. The Labute approximate surface area is 195 Å². The number of carbonyl (C=O) groups is 3. The third kappa shape index (κ3) is 4.52. The number of hydrogen-bond donors (Lipinski definition) is 0. The lowest BCUT2D eigenvalue weighted by Gasteiger charge is -2.12. The number of nitrogens with zero attached hydrogens (tertiary/aromatic N) is 2. The van der Waals surface area contributed by atoms with E-state index >= 15 is 0 Å². The summed E-state index contributed by atoms with van der Waals surface area (Å²) in [7, 11) is 0. The van der Waals surface area contributed by atoms with Crippen LogP contribution >= 0.6 is 23.4 Å². The van der Waals surface area contributed by atoms with E-state index in [9.17, 15) is 29.6 Å². The predicted molar refractivity (Wildman–Crippen MR) is 118 cm³/mol. The van der Waals surface area contributed by atoms with Crippen molar-refractivity contribution in [1.82, 2.24) is 4.90 Å². The van der Waals surface area contributed by atoms with Crippen molar-refractivity contribution >= 4 is 52.2 Å². The molecule has 9 nitrogen and oxygen atoms in total. The number of hydrogen-bond acceptors (Lipinski definition) is 8. The van der Waals surface area contributed by atoms with E-state index in [-0.39, 0.29) is 44.8 Å². The summed E-state index contributed by atoms with van der Waals surface area (Å²) in [4.78, 5) is 47.9. The van der Waals surface area contributed by atoms with Crippen LogP contribution in [-0.2, 0) is 11.3 Å². The number of halogens is 1. The molecule has 0 spiro atoms. The van der Waals surface area contributed by atoms with Crippen LogP contribution in [0.25, 0.3) is 17.4 Å². The number of furan rings is 1. The minimum atomic E-state index is -1.37. The molecule has 2 amide bonds. The summed E-state index contributed by atoms with van der Waals surface area (Å²) >= 11 is 6.82. The van der Waals surface area contributed by atoms with E-state index in [0.29, 0.717) is 17.3 Å². The lowest BCUT2D eigenvalue weighted by Crippen LogP contribution is -2.27. The average Bonchev–Trinajstić information content (AvgIpc) is 3.34. The number of rotatable bonds is 6. The number of nitro groups is 1. The Morgan fingerprint density at radius 3 is 2.64 bits per heavy atom. The lowest BCUT2D eigenvalue weighted by atomic mass is 10.1. The molecule has 0 atom stereocenters. The summed E-state index contributed by atoms with van der Waals surface area (Å²) in [6, 6.07) is 13.0. The normalized spacial score (nSPS) is 14.8. The third-order valence-electron chi connectivity index (χ3n) is 4.76.